The molecule has 1 atom stereocenters. The van der Waals surface area contributed by atoms with Crippen LogP contribution in [0.5, 0.6) is 5.75 Å². The normalized spacial score (nSPS) is 12.2. The lowest BCUT2D eigenvalue weighted by Crippen LogP contribution is -1.97. The minimum atomic E-state index is -0.0745. The number of benzene rings is 2. The molecule has 0 bridgehead atoms. The standard InChI is InChI=1S/C15H13Br2ClO/c1-19-12-4-2-3-10(7-12)8-15(18)13-6-5-11(16)9-14(13)17/h2-7,9,15H,8H2,1H3. The molecule has 1 nitrogen and oxygen atoms in total. The average molecular weight is 405 g/mol. The first-order valence-corrected chi connectivity index (χ1v) is 7.84. The van der Waals surface area contributed by atoms with E-state index < -0.39 is 0 Å². The van der Waals surface area contributed by atoms with E-state index in [1.807, 2.05) is 36.4 Å². The summed E-state index contributed by atoms with van der Waals surface area (Å²) in [6, 6.07) is 14.0. The van der Waals surface area contributed by atoms with Crippen molar-refractivity contribution in [1.82, 2.24) is 0 Å². The largest absolute Gasteiger partial charge is 0.497 e. The van der Waals surface area contributed by atoms with E-state index in [9.17, 15) is 0 Å². The Bertz CT molecular complexity index is 572. The number of hydrogen-bond acceptors (Lipinski definition) is 1. The summed E-state index contributed by atoms with van der Waals surface area (Å²) in [5.74, 6) is 0.858. The van der Waals surface area contributed by atoms with Gasteiger partial charge in [-0.05, 0) is 41.8 Å². The van der Waals surface area contributed by atoms with Crippen molar-refractivity contribution in [3.8, 4) is 5.75 Å². The van der Waals surface area contributed by atoms with Crippen molar-refractivity contribution in [1.29, 1.82) is 0 Å². The van der Waals surface area contributed by atoms with Gasteiger partial charge in [0.1, 0.15) is 5.75 Å². The van der Waals surface area contributed by atoms with Crippen LogP contribution in [0.25, 0.3) is 0 Å². The van der Waals surface area contributed by atoms with Crippen LogP contribution in [0.1, 0.15) is 16.5 Å². The lowest BCUT2D eigenvalue weighted by molar-refractivity contribution is 0.414. The summed E-state index contributed by atoms with van der Waals surface area (Å²) in [5.41, 5.74) is 2.25. The Morgan fingerprint density at radius 1 is 1.16 bits per heavy atom. The molecule has 0 saturated heterocycles. The summed E-state index contributed by atoms with van der Waals surface area (Å²) < 4.78 is 7.28. The van der Waals surface area contributed by atoms with Gasteiger partial charge < -0.3 is 4.74 Å². The van der Waals surface area contributed by atoms with Crippen molar-refractivity contribution in [3.63, 3.8) is 0 Å². The third kappa shape index (κ3) is 3.98. The molecule has 1 unspecified atom stereocenters. The van der Waals surface area contributed by atoms with E-state index in [0.29, 0.717) is 0 Å². The molecule has 2 aromatic carbocycles. The van der Waals surface area contributed by atoms with Crippen LogP contribution >= 0.6 is 43.5 Å². The highest BCUT2D eigenvalue weighted by molar-refractivity contribution is 9.11. The number of ether oxygens (including phenoxy) is 1. The molecule has 2 rings (SSSR count). The molecule has 0 aliphatic heterocycles. The van der Waals surface area contributed by atoms with Crippen LogP contribution in [-0.4, -0.2) is 7.11 Å². The molecule has 19 heavy (non-hydrogen) atoms. The van der Waals surface area contributed by atoms with E-state index in [1.165, 1.54) is 0 Å². The van der Waals surface area contributed by atoms with Crippen molar-refractivity contribution < 1.29 is 4.74 Å². The summed E-state index contributed by atoms with van der Waals surface area (Å²) in [5, 5.41) is -0.0745. The summed E-state index contributed by atoms with van der Waals surface area (Å²) in [7, 11) is 1.67. The van der Waals surface area contributed by atoms with Crippen LogP contribution in [0.3, 0.4) is 0 Å². The van der Waals surface area contributed by atoms with Crippen LogP contribution < -0.4 is 4.74 Å². The highest BCUT2D eigenvalue weighted by atomic mass is 79.9. The Labute approximate surface area is 135 Å². The summed E-state index contributed by atoms with van der Waals surface area (Å²) in [6.07, 6.45) is 0.763. The topological polar surface area (TPSA) is 9.23 Å². The summed E-state index contributed by atoms with van der Waals surface area (Å²) in [6.45, 7) is 0. The maximum absolute atomic E-state index is 6.51. The number of rotatable bonds is 4. The van der Waals surface area contributed by atoms with Crippen LogP contribution in [0.2, 0.25) is 0 Å². The fraction of sp³-hybridized carbons (Fsp3) is 0.200. The number of alkyl halides is 1. The lowest BCUT2D eigenvalue weighted by Gasteiger charge is -2.13. The minimum Gasteiger partial charge on any atom is -0.497 e. The van der Waals surface area contributed by atoms with Gasteiger partial charge >= 0.3 is 0 Å². The Hall–Kier alpha value is -0.510. The Balaban J connectivity index is 2.17. The molecule has 100 valence electrons. The first-order chi connectivity index (χ1) is 9.10. The van der Waals surface area contributed by atoms with Crippen molar-refractivity contribution in [2.45, 2.75) is 11.8 Å². The third-order valence-electron chi connectivity index (χ3n) is 2.85. The van der Waals surface area contributed by atoms with Gasteiger partial charge in [0.25, 0.3) is 0 Å². The zero-order valence-corrected chi connectivity index (χ0v) is 14.3. The van der Waals surface area contributed by atoms with Gasteiger partial charge in [-0.25, -0.2) is 0 Å². The molecule has 4 heteroatoms. The van der Waals surface area contributed by atoms with Crippen LogP contribution in [0.15, 0.2) is 51.4 Å². The molecule has 0 spiro atoms. The average Bonchev–Trinajstić information content (AvgIpc) is 2.38. The smallest absolute Gasteiger partial charge is 0.119 e. The maximum atomic E-state index is 6.51. The second kappa shape index (κ2) is 6.78. The van der Waals surface area contributed by atoms with E-state index in [0.717, 1.165) is 32.2 Å². The van der Waals surface area contributed by atoms with Gasteiger partial charge in [0.2, 0.25) is 0 Å². The van der Waals surface area contributed by atoms with Gasteiger partial charge in [0.15, 0.2) is 0 Å². The maximum Gasteiger partial charge on any atom is 0.119 e. The molecule has 2 aromatic rings. The first kappa shape index (κ1) is 14.9. The molecule has 0 aliphatic carbocycles. The molecule has 0 aliphatic rings. The van der Waals surface area contributed by atoms with Crippen molar-refractivity contribution in [2.24, 2.45) is 0 Å². The van der Waals surface area contributed by atoms with Crippen LogP contribution in [-0.2, 0) is 6.42 Å². The summed E-state index contributed by atoms with van der Waals surface area (Å²) >= 11 is 13.5. The van der Waals surface area contributed by atoms with E-state index in [1.54, 1.807) is 7.11 Å². The van der Waals surface area contributed by atoms with Gasteiger partial charge in [-0.2, -0.15) is 0 Å². The molecule has 0 radical (unpaired) electrons. The quantitative estimate of drug-likeness (QED) is 0.590. The minimum absolute atomic E-state index is 0.0745. The molecule has 0 saturated carbocycles. The van der Waals surface area contributed by atoms with E-state index in [4.69, 9.17) is 16.3 Å². The zero-order valence-electron chi connectivity index (χ0n) is 10.4. The Morgan fingerprint density at radius 2 is 1.95 bits per heavy atom. The fourth-order valence-corrected chi connectivity index (χ4v) is 3.70. The zero-order chi connectivity index (χ0) is 13.8. The van der Waals surface area contributed by atoms with Gasteiger partial charge in [0, 0.05) is 8.95 Å². The monoisotopic (exact) mass is 402 g/mol. The van der Waals surface area contributed by atoms with Gasteiger partial charge in [-0.15, -0.1) is 11.6 Å². The van der Waals surface area contributed by atoms with E-state index >= 15 is 0 Å². The van der Waals surface area contributed by atoms with Crippen molar-refractivity contribution >= 4 is 43.5 Å². The number of hydrogen-bond donors (Lipinski definition) is 0. The predicted octanol–water partition coefficient (Wildman–Crippen LogP) is 5.74. The number of halogens is 3. The molecule has 0 amide bonds. The van der Waals surface area contributed by atoms with E-state index in [-0.39, 0.29) is 5.38 Å². The SMILES string of the molecule is COc1cccc(CC(Cl)c2ccc(Br)cc2Br)c1. The fourth-order valence-electron chi connectivity index (χ4n) is 1.87. The van der Waals surface area contributed by atoms with Gasteiger partial charge in [0.05, 0.1) is 12.5 Å². The van der Waals surface area contributed by atoms with Crippen molar-refractivity contribution in [3.05, 3.63) is 62.5 Å². The molecular weight excluding hydrogens is 391 g/mol. The van der Waals surface area contributed by atoms with Gasteiger partial charge in [-0.1, -0.05) is 50.1 Å². The highest BCUT2D eigenvalue weighted by Crippen LogP contribution is 2.33. The lowest BCUT2D eigenvalue weighted by atomic mass is 10.0. The molecule has 0 fully saturated rings. The van der Waals surface area contributed by atoms with E-state index in [2.05, 4.69) is 37.9 Å². The Morgan fingerprint density at radius 3 is 2.63 bits per heavy atom. The second-order valence-corrected chi connectivity index (χ2v) is 6.49. The van der Waals surface area contributed by atoms with Crippen molar-refractivity contribution in [2.75, 3.05) is 7.11 Å². The molecule has 0 N–H and O–H groups in total. The second-order valence-electron chi connectivity index (χ2n) is 4.19. The summed E-state index contributed by atoms with van der Waals surface area (Å²) in [4.78, 5) is 0. The molecular formula is C15H13Br2ClO. The third-order valence-corrected chi connectivity index (χ3v) is 4.42. The molecule has 0 heterocycles. The predicted molar refractivity (Wildman–Crippen MR) is 87.1 cm³/mol. The Kier molecular flexibility index (Phi) is 5.31. The van der Waals surface area contributed by atoms with Gasteiger partial charge in [-0.3, -0.25) is 0 Å². The van der Waals surface area contributed by atoms with Crippen LogP contribution in [0.4, 0.5) is 0 Å². The van der Waals surface area contributed by atoms with Crippen LogP contribution in [0, 0.1) is 0 Å². The molecule has 0 aromatic heterocycles. The highest BCUT2D eigenvalue weighted by Gasteiger charge is 2.13. The number of methoxy groups -OCH3 is 1. The first-order valence-electron chi connectivity index (χ1n) is 5.82.